The monoisotopic (exact) mass is 379 g/mol. The van der Waals surface area contributed by atoms with Crippen molar-refractivity contribution in [3.8, 4) is 5.75 Å². The lowest BCUT2D eigenvalue weighted by Gasteiger charge is -2.41. The van der Waals surface area contributed by atoms with E-state index in [-0.39, 0.29) is 30.3 Å². The number of amides is 1. The Morgan fingerprint density at radius 2 is 1.71 bits per heavy atom. The van der Waals surface area contributed by atoms with Gasteiger partial charge in [0.1, 0.15) is 11.5 Å². The summed E-state index contributed by atoms with van der Waals surface area (Å²) in [7, 11) is 1.61. The van der Waals surface area contributed by atoms with Crippen LogP contribution in [0.4, 0.5) is 5.69 Å². The van der Waals surface area contributed by atoms with Crippen LogP contribution in [0.1, 0.15) is 38.8 Å². The maximum Gasteiger partial charge on any atom is 0.310 e. The largest absolute Gasteiger partial charge is 0.497 e. The van der Waals surface area contributed by atoms with Crippen molar-refractivity contribution in [1.82, 2.24) is 0 Å². The van der Waals surface area contributed by atoms with E-state index in [9.17, 15) is 9.59 Å². The minimum Gasteiger partial charge on any atom is -0.497 e. The second-order valence-corrected chi connectivity index (χ2v) is 6.83. The van der Waals surface area contributed by atoms with Gasteiger partial charge in [-0.3, -0.25) is 9.59 Å². The van der Waals surface area contributed by atoms with E-state index in [0.717, 1.165) is 17.0 Å². The third-order valence-corrected chi connectivity index (χ3v) is 5.08. The van der Waals surface area contributed by atoms with E-state index in [1.165, 1.54) is 0 Å². The Morgan fingerprint density at radius 1 is 1.07 bits per heavy atom. The van der Waals surface area contributed by atoms with Gasteiger partial charge in [-0.15, -0.1) is 0 Å². The molecule has 0 radical (unpaired) electrons. The second-order valence-electron chi connectivity index (χ2n) is 6.83. The van der Waals surface area contributed by atoms with Crippen LogP contribution in [0.2, 0.25) is 0 Å². The molecule has 0 unspecified atom stereocenters. The lowest BCUT2D eigenvalue weighted by molar-refractivity contribution is -0.140. The van der Waals surface area contributed by atoms with Crippen molar-refractivity contribution in [3.05, 3.63) is 71.5 Å². The minimum absolute atomic E-state index is 0.170. The highest BCUT2D eigenvalue weighted by atomic mass is 16.5. The zero-order valence-electron chi connectivity index (χ0n) is 16.6. The van der Waals surface area contributed by atoms with Crippen LogP contribution in [0.3, 0.4) is 0 Å². The molecule has 0 N–H and O–H groups in total. The highest BCUT2D eigenvalue weighted by molar-refractivity contribution is 6.07. The van der Waals surface area contributed by atoms with Crippen LogP contribution in [-0.4, -0.2) is 19.0 Å². The number of hydrogen-bond donors (Lipinski definition) is 0. The van der Waals surface area contributed by atoms with Crippen molar-refractivity contribution in [2.75, 3.05) is 12.0 Å². The molecule has 0 aromatic heterocycles. The molecule has 1 heterocycles. The summed E-state index contributed by atoms with van der Waals surface area (Å²) in [4.78, 5) is 27.1. The van der Waals surface area contributed by atoms with Crippen molar-refractivity contribution in [3.63, 3.8) is 0 Å². The molecule has 1 aliphatic heterocycles. The van der Waals surface area contributed by atoms with Gasteiger partial charge in [-0.1, -0.05) is 44.2 Å². The number of carbonyl (C=O) groups is 2. The van der Waals surface area contributed by atoms with Gasteiger partial charge in [-0.2, -0.15) is 0 Å². The Hall–Kier alpha value is -3.08. The van der Waals surface area contributed by atoms with E-state index in [2.05, 4.69) is 0 Å². The predicted molar refractivity (Wildman–Crippen MR) is 108 cm³/mol. The molecule has 1 amide bonds. The molecular formula is C23H25NO4. The van der Waals surface area contributed by atoms with Crippen LogP contribution in [0.25, 0.3) is 0 Å². The van der Waals surface area contributed by atoms with Gasteiger partial charge >= 0.3 is 5.97 Å². The number of esters is 1. The van der Waals surface area contributed by atoms with Gasteiger partial charge in [0.05, 0.1) is 18.7 Å². The summed E-state index contributed by atoms with van der Waals surface area (Å²) < 4.78 is 10.8. The molecule has 2 atom stereocenters. The number of rotatable bonds is 5. The molecule has 3 rings (SSSR count). The molecule has 0 saturated carbocycles. The first-order valence-electron chi connectivity index (χ1n) is 9.42. The number of nitrogens with zero attached hydrogens (tertiary/aromatic N) is 1. The molecule has 0 spiro atoms. The molecule has 28 heavy (non-hydrogen) atoms. The Kier molecular flexibility index (Phi) is 5.83. The van der Waals surface area contributed by atoms with E-state index in [1.807, 2.05) is 61.5 Å². The predicted octanol–water partition coefficient (Wildman–Crippen LogP) is 4.65. The summed E-state index contributed by atoms with van der Waals surface area (Å²) in [5.74, 6) is 0.491. The standard InChI is InChI=1S/C23H25NO4/c1-5-20(25)28-22-15(2)21(17-9-7-6-8-10-17)24(23(26)16(22)3)18-11-13-19(27-4)14-12-18/h6-15,21H,5H2,1-4H3/t15-,21+/m0/s1. The van der Waals surface area contributed by atoms with E-state index in [1.54, 1.807) is 25.9 Å². The number of anilines is 1. The van der Waals surface area contributed by atoms with E-state index >= 15 is 0 Å². The third-order valence-electron chi connectivity index (χ3n) is 5.08. The van der Waals surface area contributed by atoms with Crippen LogP contribution in [0.15, 0.2) is 65.9 Å². The van der Waals surface area contributed by atoms with E-state index < -0.39 is 0 Å². The number of carbonyl (C=O) groups excluding carboxylic acids is 2. The SMILES string of the molecule is CCC(=O)OC1=C(C)C(=O)N(c2ccc(OC)cc2)[C@@H](c2ccccc2)[C@@H]1C. The maximum absolute atomic E-state index is 13.3. The van der Waals surface area contributed by atoms with Gasteiger partial charge in [-0.05, 0) is 36.8 Å². The molecule has 146 valence electrons. The molecule has 2 aromatic carbocycles. The molecule has 5 nitrogen and oxygen atoms in total. The van der Waals surface area contributed by atoms with Crippen LogP contribution in [-0.2, 0) is 14.3 Å². The Labute approximate surface area is 165 Å². The second kappa shape index (κ2) is 8.30. The van der Waals surface area contributed by atoms with Crippen molar-refractivity contribution in [2.24, 2.45) is 5.92 Å². The molecule has 0 fully saturated rings. The number of ether oxygens (including phenoxy) is 2. The average molecular weight is 379 g/mol. The lowest BCUT2D eigenvalue weighted by Crippen LogP contribution is -2.44. The summed E-state index contributed by atoms with van der Waals surface area (Å²) in [6, 6.07) is 16.9. The highest BCUT2D eigenvalue weighted by Gasteiger charge is 2.41. The van der Waals surface area contributed by atoms with Crippen molar-refractivity contribution in [1.29, 1.82) is 0 Å². The van der Waals surface area contributed by atoms with Gasteiger partial charge in [-0.25, -0.2) is 0 Å². The number of methoxy groups -OCH3 is 1. The van der Waals surface area contributed by atoms with Crippen molar-refractivity contribution >= 4 is 17.6 Å². The topological polar surface area (TPSA) is 55.8 Å². The van der Waals surface area contributed by atoms with Gasteiger partial charge in [0.15, 0.2) is 0 Å². The van der Waals surface area contributed by atoms with Gasteiger partial charge in [0, 0.05) is 18.0 Å². The number of hydrogen-bond acceptors (Lipinski definition) is 4. The molecule has 2 aromatic rings. The molecule has 5 heteroatoms. The summed E-state index contributed by atoms with van der Waals surface area (Å²) in [6.07, 6.45) is 0.260. The fraction of sp³-hybridized carbons (Fsp3) is 0.304. The zero-order valence-corrected chi connectivity index (χ0v) is 16.6. The first kappa shape index (κ1) is 19.7. The van der Waals surface area contributed by atoms with Crippen LogP contribution < -0.4 is 9.64 Å². The first-order chi connectivity index (χ1) is 13.5. The van der Waals surface area contributed by atoms with Gasteiger partial charge in [0.25, 0.3) is 5.91 Å². The maximum atomic E-state index is 13.3. The van der Waals surface area contributed by atoms with Gasteiger partial charge in [0.2, 0.25) is 0 Å². The quantitative estimate of drug-likeness (QED) is 0.710. The summed E-state index contributed by atoms with van der Waals surface area (Å²) >= 11 is 0. The van der Waals surface area contributed by atoms with Crippen molar-refractivity contribution < 1.29 is 19.1 Å². The molecular weight excluding hydrogens is 354 g/mol. The average Bonchev–Trinajstić information content (AvgIpc) is 2.74. The minimum atomic E-state index is -0.335. The van der Waals surface area contributed by atoms with E-state index in [4.69, 9.17) is 9.47 Å². The molecule has 0 bridgehead atoms. The Bertz CT molecular complexity index is 887. The zero-order chi connectivity index (χ0) is 20.3. The van der Waals surface area contributed by atoms with Crippen LogP contribution in [0.5, 0.6) is 5.75 Å². The summed E-state index contributed by atoms with van der Waals surface area (Å²) in [6.45, 7) is 5.45. The fourth-order valence-corrected chi connectivity index (χ4v) is 3.59. The third kappa shape index (κ3) is 3.65. The van der Waals surface area contributed by atoms with Crippen LogP contribution >= 0.6 is 0 Å². The molecule has 0 aliphatic carbocycles. The fourth-order valence-electron chi connectivity index (χ4n) is 3.59. The summed E-state index contributed by atoms with van der Waals surface area (Å²) in [5.41, 5.74) is 2.21. The molecule has 0 saturated heterocycles. The normalized spacial score (nSPS) is 19.6. The number of benzene rings is 2. The first-order valence-corrected chi connectivity index (χ1v) is 9.42. The lowest BCUT2D eigenvalue weighted by atomic mass is 9.85. The molecule has 1 aliphatic rings. The van der Waals surface area contributed by atoms with E-state index in [0.29, 0.717) is 11.3 Å². The Balaban J connectivity index is 2.12. The smallest absolute Gasteiger partial charge is 0.310 e. The van der Waals surface area contributed by atoms with Gasteiger partial charge < -0.3 is 14.4 Å². The highest BCUT2D eigenvalue weighted by Crippen LogP contribution is 2.43. The van der Waals surface area contributed by atoms with Crippen LogP contribution in [0, 0.1) is 5.92 Å². The van der Waals surface area contributed by atoms with Crippen molar-refractivity contribution in [2.45, 2.75) is 33.2 Å². The Morgan fingerprint density at radius 3 is 2.29 bits per heavy atom. The summed E-state index contributed by atoms with van der Waals surface area (Å²) in [5, 5.41) is 0.